The highest BCUT2D eigenvalue weighted by Crippen LogP contribution is 2.54. The minimum atomic E-state index is -4.05. The van der Waals surface area contributed by atoms with Crippen molar-refractivity contribution < 1.29 is 26.7 Å². The summed E-state index contributed by atoms with van der Waals surface area (Å²) in [5.41, 5.74) is 3.35. The Morgan fingerprint density at radius 1 is 0.977 bits per heavy atom. The zero-order valence-corrected chi connectivity index (χ0v) is 25.7. The molecule has 44 heavy (non-hydrogen) atoms. The highest BCUT2D eigenvalue weighted by molar-refractivity contribution is 7.94. The van der Waals surface area contributed by atoms with Gasteiger partial charge in [0.15, 0.2) is 5.25 Å². The number of nitrogens with zero attached hydrogens (tertiary/aromatic N) is 6. The summed E-state index contributed by atoms with van der Waals surface area (Å²) < 4.78 is 62.5. The van der Waals surface area contributed by atoms with Gasteiger partial charge in [-0.3, -0.25) is 9.52 Å². The van der Waals surface area contributed by atoms with Crippen LogP contribution < -0.4 is 14.5 Å². The quantitative estimate of drug-likeness (QED) is 0.338. The van der Waals surface area contributed by atoms with Gasteiger partial charge in [0.1, 0.15) is 11.5 Å². The number of nitrogens with one attached hydrogen (secondary N) is 1. The van der Waals surface area contributed by atoms with Gasteiger partial charge in [0.25, 0.3) is 5.92 Å². The Morgan fingerprint density at radius 3 is 2.36 bits per heavy atom. The number of pyridine rings is 1. The third-order valence-corrected chi connectivity index (χ3v) is 10.6. The number of aromatic nitrogens is 4. The smallest absolute Gasteiger partial charge is 0.325 e. The molecule has 0 bridgehead atoms. The summed E-state index contributed by atoms with van der Waals surface area (Å²) in [6, 6.07) is 10.6. The summed E-state index contributed by atoms with van der Waals surface area (Å²) in [5.74, 6) is -2.84. The molecule has 3 aliphatic rings. The molecular formula is C30H37F2N7O4S. The van der Waals surface area contributed by atoms with Gasteiger partial charge in [-0.25, -0.2) is 26.9 Å². The highest BCUT2D eigenvalue weighted by Gasteiger charge is 2.44. The van der Waals surface area contributed by atoms with Crippen LogP contribution in [0.4, 0.5) is 26.0 Å². The van der Waals surface area contributed by atoms with Gasteiger partial charge >= 0.3 is 5.97 Å². The number of piperidine rings is 2. The second-order valence-electron chi connectivity index (χ2n) is 12.0. The number of benzene rings is 1. The summed E-state index contributed by atoms with van der Waals surface area (Å²) in [5, 5.41) is 7.37. The van der Waals surface area contributed by atoms with E-state index in [0.29, 0.717) is 34.0 Å². The topological polar surface area (TPSA) is 123 Å². The van der Waals surface area contributed by atoms with Gasteiger partial charge in [0.05, 0.1) is 35.6 Å². The Labute approximate surface area is 255 Å². The molecule has 0 amide bonds. The van der Waals surface area contributed by atoms with Crippen LogP contribution >= 0.6 is 0 Å². The maximum absolute atomic E-state index is 13.7. The van der Waals surface area contributed by atoms with Crippen LogP contribution in [0.1, 0.15) is 52.4 Å². The number of rotatable bonds is 9. The van der Waals surface area contributed by atoms with Crippen LogP contribution in [0.25, 0.3) is 17.1 Å². The molecule has 2 aromatic heterocycles. The number of ether oxygens (including phenoxy) is 1. The Morgan fingerprint density at radius 2 is 1.68 bits per heavy atom. The standard InChI is InChI=1S/C30H37F2N7O4S/c1-3-43-28(40)21(2)44(41,42)35-22-7-8-25(26(19-22)37-15-11-29(9-10-29)12-16-37)39-20-24(34-36-39)23-5-4-6-27(33-23)38-17-13-30(31,32)14-18-38/h4-8,19-21,35H,3,9-18H2,1-2H3. The number of sulfonamides is 1. The second-order valence-corrected chi connectivity index (χ2v) is 14.0. The van der Waals surface area contributed by atoms with Crippen molar-refractivity contribution in [3.8, 4) is 17.1 Å². The third kappa shape index (κ3) is 6.35. The predicted octanol–water partition coefficient (Wildman–Crippen LogP) is 4.64. The summed E-state index contributed by atoms with van der Waals surface area (Å²) in [6.45, 7) is 5.11. The molecule has 1 N–H and O–H groups in total. The Hall–Kier alpha value is -3.81. The first-order valence-corrected chi connectivity index (χ1v) is 16.6. The fourth-order valence-electron chi connectivity index (χ4n) is 5.88. The lowest BCUT2D eigenvalue weighted by molar-refractivity contribution is -0.142. The number of halogens is 2. The maximum atomic E-state index is 13.7. The van der Waals surface area contributed by atoms with Gasteiger partial charge in [-0.2, -0.15) is 0 Å². The molecule has 11 nitrogen and oxygen atoms in total. The third-order valence-electron chi connectivity index (χ3n) is 9.00. The maximum Gasteiger partial charge on any atom is 0.325 e. The molecule has 1 saturated carbocycles. The molecule has 1 aliphatic carbocycles. The van der Waals surface area contributed by atoms with Crippen molar-refractivity contribution in [3.05, 3.63) is 42.6 Å². The molecule has 14 heteroatoms. The SMILES string of the molecule is CCOC(=O)C(C)S(=O)(=O)Nc1ccc(-n2cc(-c3cccc(N4CCC(F)(F)CC4)n3)nn2)c(N2CCC3(CC2)CC3)c1. The van der Waals surface area contributed by atoms with Crippen LogP contribution in [0.3, 0.4) is 0 Å². The normalized spacial score (nSPS) is 19.9. The summed E-state index contributed by atoms with van der Waals surface area (Å²) in [7, 11) is -4.05. The van der Waals surface area contributed by atoms with E-state index in [1.807, 2.05) is 11.0 Å². The predicted molar refractivity (Wildman–Crippen MR) is 163 cm³/mol. The molecule has 1 unspecified atom stereocenters. The largest absolute Gasteiger partial charge is 0.465 e. The van der Waals surface area contributed by atoms with Gasteiger partial charge < -0.3 is 14.5 Å². The monoisotopic (exact) mass is 629 g/mol. The summed E-state index contributed by atoms with van der Waals surface area (Å²) >= 11 is 0. The Bertz CT molecular complexity index is 1620. The molecule has 2 aliphatic heterocycles. The highest BCUT2D eigenvalue weighted by atomic mass is 32.2. The summed E-state index contributed by atoms with van der Waals surface area (Å²) in [6.07, 6.45) is 5.96. The van der Waals surface area contributed by atoms with Crippen molar-refractivity contribution in [3.63, 3.8) is 0 Å². The first-order chi connectivity index (χ1) is 21.0. The van der Waals surface area contributed by atoms with Crippen molar-refractivity contribution in [1.29, 1.82) is 0 Å². The van der Waals surface area contributed by atoms with E-state index in [1.54, 1.807) is 48.1 Å². The van der Waals surface area contributed by atoms with Crippen LogP contribution in [0.15, 0.2) is 42.6 Å². The first-order valence-electron chi connectivity index (χ1n) is 15.1. The molecule has 2 saturated heterocycles. The number of anilines is 3. The van der Waals surface area contributed by atoms with Gasteiger partial charge in [0.2, 0.25) is 10.0 Å². The number of hydrogen-bond donors (Lipinski definition) is 1. The van der Waals surface area contributed by atoms with Crippen molar-refractivity contribution in [2.75, 3.05) is 47.3 Å². The Balaban J connectivity index is 1.28. The van der Waals surface area contributed by atoms with Gasteiger partial charge in [0, 0.05) is 39.0 Å². The Kier molecular flexibility index (Phi) is 7.97. The van der Waals surface area contributed by atoms with E-state index in [-0.39, 0.29) is 32.5 Å². The van der Waals surface area contributed by atoms with Gasteiger partial charge in [-0.05, 0) is 75.3 Å². The van der Waals surface area contributed by atoms with E-state index < -0.39 is 27.2 Å². The van der Waals surface area contributed by atoms with Crippen molar-refractivity contribution in [2.24, 2.45) is 5.41 Å². The molecule has 1 spiro atoms. The number of esters is 1. The zero-order chi connectivity index (χ0) is 31.1. The van der Waals surface area contributed by atoms with Gasteiger partial charge in [-0.1, -0.05) is 11.3 Å². The van der Waals surface area contributed by atoms with Crippen molar-refractivity contribution >= 4 is 33.2 Å². The average molecular weight is 630 g/mol. The summed E-state index contributed by atoms with van der Waals surface area (Å²) in [4.78, 5) is 20.9. The van der Waals surface area contributed by atoms with E-state index in [4.69, 9.17) is 9.72 Å². The molecule has 4 heterocycles. The fourth-order valence-corrected chi connectivity index (χ4v) is 6.83. The van der Waals surface area contributed by atoms with Crippen molar-refractivity contribution in [2.45, 2.75) is 63.5 Å². The van der Waals surface area contributed by atoms with Crippen LogP contribution in [-0.2, 0) is 19.6 Å². The van der Waals surface area contributed by atoms with E-state index >= 15 is 0 Å². The first kappa shape index (κ1) is 30.2. The fraction of sp³-hybridized carbons (Fsp3) is 0.533. The van der Waals surface area contributed by atoms with E-state index in [2.05, 4.69) is 19.9 Å². The van der Waals surface area contributed by atoms with Crippen LogP contribution in [-0.4, -0.2) is 78.3 Å². The number of hydrogen-bond acceptors (Lipinski definition) is 9. The second kappa shape index (κ2) is 11.6. The molecule has 1 atom stereocenters. The average Bonchev–Trinajstić information content (AvgIpc) is 3.57. The number of carbonyl (C=O) groups excluding carboxylic acids is 1. The lowest BCUT2D eigenvalue weighted by Crippen LogP contribution is -2.39. The lowest BCUT2D eigenvalue weighted by Gasteiger charge is -2.35. The zero-order valence-electron chi connectivity index (χ0n) is 24.9. The molecule has 3 fully saturated rings. The van der Waals surface area contributed by atoms with Crippen molar-refractivity contribution in [1.82, 2.24) is 20.0 Å². The minimum absolute atomic E-state index is 0.0882. The number of alkyl halides is 2. The van der Waals surface area contributed by atoms with E-state index in [1.165, 1.54) is 19.8 Å². The van der Waals surface area contributed by atoms with Crippen LogP contribution in [0.5, 0.6) is 0 Å². The number of carbonyl (C=O) groups is 1. The molecule has 1 aromatic carbocycles. The van der Waals surface area contributed by atoms with Crippen LogP contribution in [0, 0.1) is 5.41 Å². The molecular weight excluding hydrogens is 592 g/mol. The van der Waals surface area contributed by atoms with E-state index in [0.717, 1.165) is 31.6 Å². The van der Waals surface area contributed by atoms with Gasteiger partial charge in [-0.15, -0.1) is 5.10 Å². The molecule has 6 rings (SSSR count). The molecule has 3 aromatic rings. The molecule has 0 radical (unpaired) electrons. The minimum Gasteiger partial charge on any atom is -0.465 e. The van der Waals surface area contributed by atoms with E-state index in [9.17, 15) is 22.0 Å². The van der Waals surface area contributed by atoms with Crippen LogP contribution in [0.2, 0.25) is 0 Å². The lowest BCUT2D eigenvalue weighted by atomic mass is 9.93. The molecule has 236 valence electrons.